The number of ether oxygens (including phenoxy) is 3. The second-order valence-corrected chi connectivity index (χ2v) is 7.18. The SMILES string of the molecule is CCc1ccc(-c2nc3nc(O[C@@H]4CO[C@@H]5CCO[C@@H]54)[nH]c3cc2Cl)cn1. The zero-order valence-corrected chi connectivity index (χ0v) is 15.6. The van der Waals surface area contributed by atoms with E-state index in [1.807, 2.05) is 18.2 Å². The largest absolute Gasteiger partial charge is 0.456 e. The van der Waals surface area contributed by atoms with Gasteiger partial charge in [-0.3, -0.25) is 4.98 Å². The van der Waals surface area contributed by atoms with Crippen LogP contribution in [0.3, 0.4) is 0 Å². The van der Waals surface area contributed by atoms with Crippen molar-refractivity contribution in [3.63, 3.8) is 0 Å². The fourth-order valence-electron chi connectivity index (χ4n) is 3.60. The van der Waals surface area contributed by atoms with Crippen LogP contribution >= 0.6 is 11.6 Å². The van der Waals surface area contributed by atoms with Crippen LogP contribution in [-0.4, -0.2) is 51.5 Å². The summed E-state index contributed by atoms with van der Waals surface area (Å²) in [6.07, 6.45) is 3.51. The van der Waals surface area contributed by atoms with Crippen molar-refractivity contribution in [1.82, 2.24) is 19.9 Å². The standard InChI is InChI=1S/C19H19ClN4O3/c1-2-11-4-3-10(8-21-11)16-12(20)7-13-18(23-16)24-19(22-13)27-15-9-26-14-5-6-25-17(14)15/h3-4,7-8,14-15,17H,2,5-6,9H2,1H3,(H,22,23,24)/t14-,15-,17+/m1/s1. The molecule has 0 radical (unpaired) electrons. The average molecular weight is 387 g/mol. The maximum absolute atomic E-state index is 6.45. The summed E-state index contributed by atoms with van der Waals surface area (Å²) in [7, 11) is 0. The molecule has 0 spiro atoms. The van der Waals surface area contributed by atoms with Crippen LogP contribution in [0.1, 0.15) is 19.0 Å². The Hall–Kier alpha value is -2.22. The van der Waals surface area contributed by atoms with Gasteiger partial charge in [0.2, 0.25) is 0 Å². The number of nitrogens with one attached hydrogen (secondary N) is 1. The smallest absolute Gasteiger partial charge is 0.296 e. The molecule has 2 saturated heterocycles. The predicted octanol–water partition coefficient (Wildman–Crippen LogP) is 3.17. The van der Waals surface area contributed by atoms with Crippen LogP contribution in [0.2, 0.25) is 5.02 Å². The molecule has 0 bridgehead atoms. The number of imidazole rings is 1. The van der Waals surface area contributed by atoms with E-state index < -0.39 is 0 Å². The van der Waals surface area contributed by atoms with Crippen LogP contribution in [0.25, 0.3) is 22.4 Å². The van der Waals surface area contributed by atoms with E-state index in [0.717, 1.165) is 29.6 Å². The number of aromatic nitrogens is 4. The van der Waals surface area contributed by atoms with E-state index in [9.17, 15) is 0 Å². The summed E-state index contributed by atoms with van der Waals surface area (Å²) in [4.78, 5) is 16.6. The van der Waals surface area contributed by atoms with Gasteiger partial charge in [0.05, 0.1) is 28.9 Å². The van der Waals surface area contributed by atoms with Crippen molar-refractivity contribution in [3.05, 3.63) is 35.1 Å². The molecule has 2 aliphatic rings. The van der Waals surface area contributed by atoms with Crippen molar-refractivity contribution in [2.45, 2.75) is 38.1 Å². The summed E-state index contributed by atoms with van der Waals surface area (Å²) >= 11 is 6.45. The summed E-state index contributed by atoms with van der Waals surface area (Å²) in [5.74, 6) is 0. The van der Waals surface area contributed by atoms with Gasteiger partial charge in [-0.15, -0.1) is 0 Å². The van der Waals surface area contributed by atoms with Crippen LogP contribution in [-0.2, 0) is 15.9 Å². The Morgan fingerprint density at radius 1 is 1.30 bits per heavy atom. The first-order valence-corrected chi connectivity index (χ1v) is 9.50. The third-order valence-corrected chi connectivity index (χ3v) is 5.34. The Morgan fingerprint density at radius 3 is 3.04 bits per heavy atom. The minimum atomic E-state index is -0.168. The molecule has 5 rings (SSSR count). The molecular formula is C19H19ClN4O3. The van der Waals surface area contributed by atoms with Gasteiger partial charge in [0.15, 0.2) is 11.8 Å². The minimum absolute atomic E-state index is 0.0338. The normalized spacial score (nSPS) is 24.4. The second kappa shape index (κ2) is 6.74. The monoisotopic (exact) mass is 386 g/mol. The Labute approximate surface area is 161 Å². The van der Waals surface area contributed by atoms with E-state index in [1.54, 1.807) is 6.20 Å². The molecule has 0 amide bonds. The van der Waals surface area contributed by atoms with Gasteiger partial charge in [0, 0.05) is 24.1 Å². The number of rotatable bonds is 4. The van der Waals surface area contributed by atoms with Gasteiger partial charge in [-0.25, -0.2) is 4.98 Å². The van der Waals surface area contributed by atoms with E-state index in [4.69, 9.17) is 25.8 Å². The highest BCUT2D eigenvalue weighted by molar-refractivity contribution is 6.33. The molecule has 27 heavy (non-hydrogen) atoms. The highest BCUT2D eigenvalue weighted by Crippen LogP contribution is 2.31. The molecular weight excluding hydrogens is 368 g/mol. The molecule has 0 aromatic carbocycles. The third-order valence-electron chi connectivity index (χ3n) is 5.05. The number of aromatic amines is 1. The number of aryl methyl sites for hydroxylation is 1. The van der Waals surface area contributed by atoms with Gasteiger partial charge < -0.3 is 19.2 Å². The molecule has 5 heterocycles. The lowest BCUT2D eigenvalue weighted by Crippen LogP contribution is -2.32. The molecule has 0 aliphatic carbocycles. The summed E-state index contributed by atoms with van der Waals surface area (Å²) in [6.45, 7) is 3.28. The van der Waals surface area contributed by atoms with Crippen LogP contribution in [0.5, 0.6) is 6.01 Å². The second-order valence-electron chi connectivity index (χ2n) is 6.78. The number of hydrogen-bond acceptors (Lipinski definition) is 6. The van der Waals surface area contributed by atoms with Crippen molar-refractivity contribution >= 4 is 22.8 Å². The lowest BCUT2D eigenvalue weighted by molar-refractivity contribution is 0.0273. The Bertz CT molecular complexity index is 975. The number of fused-ring (bicyclic) bond motifs is 2. The average Bonchev–Trinajstić information content (AvgIpc) is 3.38. The van der Waals surface area contributed by atoms with E-state index in [-0.39, 0.29) is 18.3 Å². The molecule has 7 nitrogen and oxygen atoms in total. The molecule has 1 N–H and O–H groups in total. The first-order chi connectivity index (χ1) is 13.2. The van der Waals surface area contributed by atoms with Gasteiger partial charge >= 0.3 is 0 Å². The molecule has 0 saturated carbocycles. The summed E-state index contributed by atoms with van der Waals surface area (Å²) in [5.41, 5.74) is 3.81. The lowest BCUT2D eigenvalue weighted by Gasteiger charge is -2.15. The lowest BCUT2D eigenvalue weighted by atomic mass is 10.1. The molecule has 140 valence electrons. The summed E-state index contributed by atoms with van der Waals surface area (Å²) < 4.78 is 17.4. The third kappa shape index (κ3) is 3.05. The predicted molar refractivity (Wildman–Crippen MR) is 100 cm³/mol. The number of H-pyrrole nitrogens is 1. The zero-order chi connectivity index (χ0) is 18.4. The zero-order valence-electron chi connectivity index (χ0n) is 14.8. The Kier molecular flexibility index (Phi) is 4.22. The molecule has 3 atom stereocenters. The quantitative estimate of drug-likeness (QED) is 0.741. The summed E-state index contributed by atoms with van der Waals surface area (Å²) in [6, 6.07) is 6.17. The van der Waals surface area contributed by atoms with Gasteiger partial charge in [-0.1, -0.05) is 18.5 Å². The van der Waals surface area contributed by atoms with Crippen molar-refractivity contribution in [2.75, 3.05) is 13.2 Å². The fraction of sp³-hybridized carbons (Fsp3) is 0.421. The van der Waals surface area contributed by atoms with E-state index in [2.05, 4.69) is 26.9 Å². The van der Waals surface area contributed by atoms with Crippen molar-refractivity contribution < 1.29 is 14.2 Å². The van der Waals surface area contributed by atoms with Crippen molar-refractivity contribution in [3.8, 4) is 17.3 Å². The molecule has 2 fully saturated rings. The van der Waals surface area contributed by atoms with Crippen molar-refractivity contribution in [1.29, 1.82) is 0 Å². The van der Waals surface area contributed by atoms with Gasteiger partial charge in [0.1, 0.15) is 6.10 Å². The first kappa shape index (κ1) is 16.9. The van der Waals surface area contributed by atoms with Gasteiger partial charge in [-0.2, -0.15) is 4.98 Å². The van der Waals surface area contributed by atoms with Crippen LogP contribution in [0.4, 0.5) is 0 Å². The Balaban J connectivity index is 1.43. The maximum Gasteiger partial charge on any atom is 0.296 e. The Morgan fingerprint density at radius 2 is 2.22 bits per heavy atom. The topological polar surface area (TPSA) is 82.2 Å². The van der Waals surface area contributed by atoms with E-state index >= 15 is 0 Å². The molecule has 3 aromatic rings. The molecule has 8 heteroatoms. The number of nitrogens with zero attached hydrogens (tertiary/aromatic N) is 3. The fourth-order valence-corrected chi connectivity index (χ4v) is 3.86. The van der Waals surface area contributed by atoms with Crippen LogP contribution in [0.15, 0.2) is 24.4 Å². The van der Waals surface area contributed by atoms with E-state index in [1.165, 1.54) is 0 Å². The highest BCUT2D eigenvalue weighted by Gasteiger charge is 2.43. The van der Waals surface area contributed by atoms with E-state index in [0.29, 0.717) is 35.6 Å². The maximum atomic E-state index is 6.45. The first-order valence-electron chi connectivity index (χ1n) is 9.12. The highest BCUT2D eigenvalue weighted by atomic mass is 35.5. The van der Waals surface area contributed by atoms with Crippen molar-refractivity contribution in [2.24, 2.45) is 0 Å². The van der Waals surface area contributed by atoms with Gasteiger partial charge in [0.25, 0.3) is 6.01 Å². The molecule has 3 aromatic heterocycles. The molecule has 0 unspecified atom stereocenters. The van der Waals surface area contributed by atoms with Gasteiger partial charge in [-0.05, 0) is 31.0 Å². The number of pyridine rings is 2. The summed E-state index contributed by atoms with van der Waals surface area (Å²) in [5, 5.41) is 0.534. The molecule has 2 aliphatic heterocycles. The number of hydrogen-bond donors (Lipinski definition) is 1. The van der Waals surface area contributed by atoms with Crippen LogP contribution in [0, 0.1) is 0 Å². The van der Waals surface area contributed by atoms with Crippen LogP contribution < -0.4 is 4.74 Å². The minimum Gasteiger partial charge on any atom is -0.456 e. The number of halogens is 1.